The minimum absolute atomic E-state index is 0. The van der Waals surface area contributed by atoms with Gasteiger partial charge in [0.15, 0.2) is 0 Å². The summed E-state index contributed by atoms with van der Waals surface area (Å²) >= 11 is 0. The second-order valence-corrected chi connectivity index (χ2v) is 6.76. The highest BCUT2D eigenvalue weighted by atomic mass is 35.5. The predicted octanol–water partition coefficient (Wildman–Crippen LogP) is -3.73. The zero-order chi connectivity index (χ0) is 17.6. The highest BCUT2D eigenvalue weighted by Crippen LogP contribution is 2.17. The quantitative estimate of drug-likeness (QED) is 0.529. The molecule has 1 aromatic carbocycles. The van der Waals surface area contributed by atoms with Gasteiger partial charge in [0, 0.05) is 38.9 Å². The molecule has 1 aliphatic rings. The van der Waals surface area contributed by atoms with Crippen molar-refractivity contribution in [1.82, 2.24) is 9.88 Å². The monoisotopic (exact) mass is 411 g/mol. The third kappa shape index (κ3) is 7.18. The molecule has 150 valence electrons. The minimum Gasteiger partial charge on any atom is -1.00 e. The summed E-state index contributed by atoms with van der Waals surface area (Å²) in [6.45, 7) is 8.79. The Kier molecular flexibility index (Phi) is 9.88. The molecule has 1 aromatic heterocycles. The first-order valence-corrected chi connectivity index (χ1v) is 8.87. The van der Waals surface area contributed by atoms with E-state index in [1.807, 2.05) is 36.5 Å². The topological polar surface area (TPSA) is 48.8 Å². The largest absolute Gasteiger partial charge is 1.00 e. The highest BCUT2D eigenvalue weighted by Gasteiger charge is 2.20. The average Bonchev–Trinajstić information content (AvgIpc) is 2.61. The van der Waals surface area contributed by atoms with Crippen LogP contribution in [0, 0.1) is 13.8 Å². The number of halogens is 2. The van der Waals surface area contributed by atoms with Crippen molar-refractivity contribution < 1.29 is 34.7 Å². The lowest BCUT2D eigenvalue weighted by Gasteiger charge is -2.36. The van der Waals surface area contributed by atoms with Crippen LogP contribution in [0.1, 0.15) is 11.1 Å². The molecule has 1 aliphatic heterocycles. The maximum Gasteiger partial charge on any atom is 0.128 e. The molecule has 1 N–H and O–H groups in total. The van der Waals surface area contributed by atoms with Crippen LogP contribution >= 0.6 is 0 Å². The first kappa shape index (κ1) is 23.5. The van der Waals surface area contributed by atoms with E-state index in [1.165, 1.54) is 11.1 Å². The first-order chi connectivity index (χ1) is 12.1. The third-order valence-corrected chi connectivity index (χ3v) is 4.45. The van der Waals surface area contributed by atoms with Gasteiger partial charge in [-0.05, 0) is 49.2 Å². The van der Waals surface area contributed by atoms with E-state index in [9.17, 15) is 5.11 Å². The number of pyridine rings is 1. The number of benzene rings is 1. The van der Waals surface area contributed by atoms with E-state index in [0.717, 1.165) is 37.7 Å². The summed E-state index contributed by atoms with van der Waals surface area (Å²) in [5, 5.41) is 10.3. The number of piperazine rings is 1. The zero-order valence-corrected chi connectivity index (χ0v) is 17.3. The van der Waals surface area contributed by atoms with Crippen LogP contribution in [0.3, 0.4) is 0 Å². The standard InChI is InChI=1S/C20H27N3O2.2ClH/c1-16-11-17(2)13-19(12-16)25-15-18(24)14-22-7-9-23(10-8-22)20-5-3-4-6-21-20;;/h3-6,11-13,18,24H,7-10,14-15H2,1-2H3;2*1H/p-2. The number of aliphatic hydroxyl groups is 1. The number of anilines is 1. The lowest BCUT2D eigenvalue weighted by molar-refractivity contribution is -0.001000. The first-order valence-electron chi connectivity index (χ1n) is 8.87. The van der Waals surface area contributed by atoms with E-state index in [-0.39, 0.29) is 24.8 Å². The van der Waals surface area contributed by atoms with Gasteiger partial charge >= 0.3 is 0 Å². The second kappa shape index (κ2) is 11.3. The number of aryl methyl sites for hydroxylation is 2. The summed E-state index contributed by atoms with van der Waals surface area (Å²) in [5.41, 5.74) is 2.35. The summed E-state index contributed by atoms with van der Waals surface area (Å²) in [6.07, 6.45) is 1.35. The van der Waals surface area contributed by atoms with Crippen molar-refractivity contribution in [2.45, 2.75) is 20.0 Å². The Labute approximate surface area is 174 Å². The molecule has 1 fully saturated rings. The van der Waals surface area contributed by atoms with E-state index < -0.39 is 6.10 Å². The number of hydrogen-bond acceptors (Lipinski definition) is 5. The summed E-state index contributed by atoms with van der Waals surface area (Å²) in [7, 11) is 0. The molecule has 0 amide bonds. The number of rotatable bonds is 6. The van der Waals surface area contributed by atoms with Crippen molar-refractivity contribution in [3.63, 3.8) is 0 Å². The Morgan fingerprint density at radius 2 is 1.70 bits per heavy atom. The summed E-state index contributed by atoms with van der Waals surface area (Å²) in [6, 6.07) is 12.1. The number of ether oxygens (including phenoxy) is 1. The van der Waals surface area contributed by atoms with Gasteiger partial charge in [-0.15, -0.1) is 0 Å². The molecule has 0 aliphatic carbocycles. The van der Waals surface area contributed by atoms with Crippen molar-refractivity contribution in [2.24, 2.45) is 0 Å². The summed E-state index contributed by atoms with van der Waals surface area (Å²) < 4.78 is 5.76. The number of hydrogen-bond donors (Lipinski definition) is 1. The number of aliphatic hydroxyl groups excluding tert-OH is 1. The fraction of sp³-hybridized carbons (Fsp3) is 0.450. The summed E-state index contributed by atoms with van der Waals surface area (Å²) in [4.78, 5) is 8.98. The molecule has 0 spiro atoms. The molecule has 2 aromatic rings. The Morgan fingerprint density at radius 1 is 1.04 bits per heavy atom. The van der Waals surface area contributed by atoms with Gasteiger partial charge in [0.2, 0.25) is 0 Å². The van der Waals surface area contributed by atoms with Crippen LogP contribution in [-0.4, -0.2) is 60.4 Å². The molecular formula is C20H27Cl2N3O2-2. The fourth-order valence-corrected chi connectivity index (χ4v) is 3.26. The maximum atomic E-state index is 10.3. The molecule has 2 heterocycles. The van der Waals surface area contributed by atoms with Crippen LogP contribution in [0.15, 0.2) is 42.6 Å². The van der Waals surface area contributed by atoms with E-state index in [1.54, 1.807) is 0 Å². The Morgan fingerprint density at radius 3 is 2.30 bits per heavy atom. The van der Waals surface area contributed by atoms with Crippen molar-refractivity contribution in [2.75, 3.05) is 44.2 Å². The lowest BCUT2D eigenvalue weighted by Crippen LogP contribution is -3.00. The van der Waals surface area contributed by atoms with E-state index in [4.69, 9.17) is 4.74 Å². The molecule has 3 rings (SSSR count). The second-order valence-electron chi connectivity index (χ2n) is 6.76. The molecule has 27 heavy (non-hydrogen) atoms. The minimum atomic E-state index is -0.484. The molecule has 1 saturated heterocycles. The van der Waals surface area contributed by atoms with Crippen LogP contribution in [0.5, 0.6) is 5.75 Å². The molecule has 0 radical (unpaired) electrons. The van der Waals surface area contributed by atoms with Gasteiger partial charge in [0.05, 0.1) is 0 Å². The van der Waals surface area contributed by atoms with Crippen LogP contribution in [0.4, 0.5) is 5.82 Å². The van der Waals surface area contributed by atoms with E-state index in [0.29, 0.717) is 13.2 Å². The zero-order valence-electron chi connectivity index (χ0n) is 15.8. The Bertz CT molecular complexity index is 660. The Balaban J connectivity index is 0.00000182. The van der Waals surface area contributed by atoms with Gasteiger partial charge in [-0.2, -0.15) is 0 Å². The molecule has 0 saturated carbocycles. The van der Waals surface area contributed by atoms with Crippen molar-refractivity contribution >= 4 is 5.82 Å². The molecule has 1 atom stereocenters. The lowest BCUT2D eigenvalue weighted by atomic mass is 10.1. The van der Waals surface area contributed by atoms with Gasteiger partial charge in [-0.1, -0.05) is 12.1 Å². The average molecular weight is 412 g/mol. The molecule has 1 unspecified atom stereocenters. The van der Waals surface area contributed by atoms with Crippen LogP contribution in [0.2, 0.25) is 0 Å². The van der Waals surface area contributed by atoms with Crippen molar-refractivity contribution in [3.8, 4) is 5.75 Å². The van der Waals surface area contributed by atoms with Gasteiger partial charge in [-0.3, -0.25) is 4.90 Å². The Hall–Kier alpha value is -1.53. The SMILES string of the molecule is Cc1cc(C)cc(OCC(O)CN2CCN(c3ccccn3)CC2)c1.[Cl-].[Cl-]. The number of aromatic nitrogens is 1. The fourth-order valence-electron chi connectivity index (χ4n) is 3.26. The smallest absolute Gasteiger partial charge is 0.128 e. The maximum absolute atomic E-state index is 10.3. The van der Waals surface area contributed by atoms with Gasteiger partial charge in [0.25, 0.3) is 0 Å². The normalized spacial score (nSPS) is 15.4. The van der Waals surface area contributed by atoms with Gasteiger partial charge in [0.1, 0.15) is 24.3 Å². The highest BCUT2D eigenvalue weighted by molar-refractivity contribution is 5.38. The van der Waals surface area contributed by atoms with Crippen LogP contribution in [-0.2, 0) is 0 Å². The molecule has 7 heteroatoms. The van der Waals surface area contributed by atoms with Gasteiger partial charge < -0.3 is 39.6 Å². The molecule has 0 bridgehead atoms. The van der Waals surface area contributed by atoms with E-state index in [2.05, 4.69) is 34.7 Å². The number of nitrogens with zero attached hydrogens (tertiary/aromatic N) is 3. The van der Waals surface area contributed by atoms with Crippen LogP contribution in [0.25, 0.3) is 0 Å². The van der Waals surface area contributed by atoms with E-state index >= 15 is 0 Å². The van der Waals surface area contributed by atoms with Crippen molar-refractivity contribution in [3.05, 3.63) is 53.7 Å². The predicted molar refractivity (Wildman–Crippen MR) is 100 cm³/mol. The third-order valence-electron chi connectivity index (χ3n) is 4.45. The number of β-amino-alcohol motifs (C(OH)–C–C–N with tert-alkyl or cyclic N) is 1. The summed E-state index contributed by atoms with van der Waals surface area (Å²) in [5.74, 6) is 1.86. The molecule has 5 nitrogen and oxygen atoms in total. The molecular weight excluding hydrogens is 385 g/mol. The van der Waals surface area contributed by atoms with Gasteiger partial charge in [-0.25, -0.2) is 4.98 Å². The van der Waals surface area contributed by atoms with Crippen LogP contribution < -0.4 is 34.5 Å². The van der Waals surface area contributed by atoms with Crippen molar-refractivity contribution in [1.29, 1.82) is 0 Å².